The molecule has 1 amide bonds. The summed E-state index contributed by atoms with van der Waals surface area (Å²) in [6.07, 6.45) is 1.97. The van der Waals surface area contributed by atoms with Crippen LogP contribution in [0.3, 0.4) is 0 Å². The number of benzene rings is 1. The van der Waals surface area contributed by atoms with E-state index in [4.69, 9.17) is 12.2 Å². The molecule has 1 aromatic heterocycles. The zero-order valence-corrected chi connectivity index (χ0v) is 19.9. The smallest absolute Gasteiger partial charge is 0.250 e. The number of amides is 1. The summed E-state index contributed by atoms with van der Waals surface area (Å²) in [6, 6.07) is 11.7. The molecule has 31 heavy (non-hydrogen) atoms. The van der Waals surface area contributed by atoms with E-state index in [1.54, 1.807) is 6.07 Å². The molecule has 1 saturated heterocycles. The molecule has 7 heteroatoms. The number of rotatable bonds is 4. The van der Waals surface area contributed by atoms with E-state index in [1.807, 2.05) is 36.6 Å². The number of hydrogen-bond donors (Lipinski definition) is 1. The quantitative estimate of drug-likeness (QED) is 0.701. The van der Waals surface area contributed by atoms with E-state index in [9.17, 15) is 9.59 Å². The topological polar surface area (TPSA) is 54.3 Å². The normalized spacial score (nSPS) is 20.7. The molecule has 1 fully saturated rings. The Bertz CT molecular complexity index is 1070. The highest BCUT2D eigenvalue weighted by molar-refractivity contribution is 8.23. The first-order valence-corrected chi connectivity index (χ1v) is 12.2. The fraction of sp³-hybridized carbons (Fsp3) is 0.458. The van der Waals surface area contributed by atoms with Gasteiger partial charge in [-0.25, -0.2) is 0 Å². The molecule has 3 atom stereocenters. The summed E-state index contributed by atoms with van der Waals surface area (Å²) in [5.41, 5.74) is 4.34. The van der Waals surface area contributed by atoms with Gasteiger partial charge in [0.25, 0.3) is 5.56 Å². The van der Waals surface area contributed by atoms with Crippen molar-refractivity contribution in [2.24, 2.45) is 5.92 Å². The Hall–Kier alpha value is -2.12. The summed E-state index contributed by atoms with van der Waals surface area (Å²) in [5.74, 6) is 0.696. The van der Waals surface area contributed by atoms with Gasteiger partial charge in [-0.15, -0.1) is 0 Å². The third kappa shape index (κ3) is 4.58. The molecule has 1 aromatic carbocycles. The van der Waals surface area contributed by atoms with Crippen LogP contribution < -0.4 is 10.9 Å². The van der Waals surface area contributed by atoms with Gasteiger partial charge < -0.3 is 14.8 Å². The van der Waals surface area contributed by atoms with Crippen molar-refractivity contribution >= 4 is 39.9 Å². The average molecular weight is 456 g/mol. The van der Waals surface area contributed by atoms with Crippen molar-refractivity contribution in [1.82, 2.24) is 9.47 Å². The lowest BCUT2D eigenvalue weighted by atomic mass is 9.83. The summed E-state index contributed by atoms with van der Waals surface area (Å²) in [6.45, 7) is 8.42. The molecular weight excluding hydrogens is 426 g/mol. The van der Waals surface area contributed by atoms with Gasteiger partial charge in [-0.2, -0.15) is 0 Å². The highest BCUT2D eigenvalue weighted by Gasteiger charge is 2.36. The first-order chi connectivity index (χ1) is 14.9. The highest BCUT2D eigenvalue weighted by Crippen LogP contribution is 2.36. The number of carbonyl (C=O) groups is 1. The fourth-order valence-electron chi connectivity index (χ4n) is 4.75. The maximum atomic E-state index is 12.9. The van der Waals surface area contributed by atoms with Crippen LogP contribution in [0.1, 0.15) is 43.0 Å². The SMILES string of the molecule is CCc1cccc(C)c1NC(=O)[C@@H](C)SC(=S)N1C[C@H]2C[C@@H](C1)c1cccc(=O)n1C2. The summed E-state index contributed by atoms with van der Waals surface area (Å²) in [4.78, 5) is 27.4. The van der Waals surface area contributed by atoms with Crippen LogP contribution in [0, 0.1) is 12.8 Å². The Morgan fingerprint density at radius 3 is 2.77 bits per heavy atom. The zero-order valence-electron chi connectivity index (χ0n) is 18.3. The Balaban J connectivity index is 1.41. The van der Waals surface area contributed by atoms with Crippen LogP contribution >= 0.6 is 24.0 Å². The van der Waals surface area contributed by atoms with Crippen molar-refractivity contribution in [2.45, 2.75) is 51.3 Å². The molecule has 4 rings (SSSR count). The minimum Gasteiger partial charge on any atom is -0.356 e. The molecular formula is C24H29N3O2S2. The Morgan fingerprint density at radius 1 is 1.23 bits per heavy atom. The Labute approximate surface area is 193 Å². The second kappa shape index (κ2) is 9.17. The van der Waals surface area contributed by atoms with E-state index >= 15 is 0 Å². The van der Waals surface area contributed by atoms with Crippen molar-refractivity contribution < 1.29 is 4.79 Å². The minimum atomic E-state index is -0.284. The minimum absolute atomic E-state index is 0.0227. The van der Waals surface area contributed by atoms with Crippen LogP contribution in [0.2, 0.25) is 0 Å². The van der Waals surface area contributed by atoms with Crippen molar-refractivity contribution in [3.8, 4) is 0 Å². The maximum absolute atomic E-state index is 12.9. The van der Waals surface area contributed by atoms with Gasteiger partial charge in [0.2, 0.25) is 5.91 Å². The van der Waals surface area contributed by atoms with Crippen LogP contribution in [0.15, 0.2) is 41.2 Å². The highest BCUT2D eigenvalue weighted by atomic mass is 32.2. The molecule has 1 N–H and O–H groups in total. The molecule has 0 aliphatic carbocycles. The summed E-state index contributed by atoms with van der Waals surface area (Å²) in [5, 5.41) is 2.84. The molecule has 0 saturated carbocycles. The van der Waals surface area contributed by atoms with Crippen molar-refractivity contribution in [1.29, 1.82) is 0 Å². The number of nitrogens with one attached hydrogen (secondary N) is 1. The molecule has 2 aromatic rings. The van der Waals surface area contributed by atoms with E-state index in [0.29, 0.717) is 11.8 Å². The second-order valence-electron chi connectivity index (χ2n) is 8.58. The lowest BCUT2D eigenvalue weighted by Gasteiger charge is -2.43. The Kier molecular flexibility index (Phi) is 6.53. The average Bonchev–Trinajstić information content (AvgIpc) is 2.75. The van der Waals surface area contributed by atoms with Gasteiger partial charge in [0.1, 0.15) is 4.32 Å². The predicted molar refractivity (Wildman–Crippen MR) is 132 cm³/mol. The number of likely N-dealkylation sites (tertiary alicyclic amines) is 1. The summed E-state index contributed by atoms with van der Waals surface area (Å²) < 4.78 is 2.69. The summed E-state index contributed by atoms with van der Waals surface area (Å²) in [7, 11) is 0. The van der Waals surface area contributed by atoms with Gasteiger partial charge in [0.15, 0.2) is 0 Å². The molecule has 2 aliphatic heterocycles. The van der Waals surface area contributed by atoms with Gasteiger partial charge in [-0.05, 0) is 49.8 Å². The van der Waals surface area contributed by atoms with Crippen molar-refractivity contribution in [2.75, 3.05) is 18.4 Å². The number of aryl methyl sites for hydroxylation is 2. The molecule has 0 radical (unpaired) electrons. The number of aromatic nitrogens is 1. The number of thioether (sulfide) groups is 1. The molecule has 0 unspecified atom stereocenters. The van der Waals surface area contributed by atoms with Gasteiger partial charge in [0, 0.05) is 43.0 Å². The second-order valence-corrected chi connectivity index (χ2v) is 10.6. The number of carbonyl (C=O) groups excluding carboxylic acids is 1. The van der Waals surface area contributed by atoms with Crippen LogP contribution in [0.4, 0.5) is 5.69 Å². The number of piperidine rings is 1. The number of hydrogen-bond acceptors (Lipinski definition) is 4. The van der Waals surface area contributed by atoms with Crippen LogP contribution in [0.5, 0.6) is 0 Å². The number of nitrogens with zero attached hydrogens (tertiary/aromatic N) is 2. The fourth-order valence-corrected chi connectivity index (χ4v) is 6.10. The Morgan fingerprint density at radius 2 is 2.00 bits per heavy atom. The summed E-state index contributed by atoms with van der Waals surface area (Å²) >= 11 is 7.20. The molecule has 2 aliphatic rings. The maximum Gasteiger partial charge on any atom is 0.250 e. The largest absolute Gasteiger partial charge is 0.356 e. The molecule has 3 heterocycles. The standard InChI is InChI=1S/C24H29N3O2S2/c1-4-18-8-5-7-15(2)22(18)25-23(29)16(3)31-24(30)26-12-17-11-19(14-26)20-9-6-10-21(28)27(20)13-17/h5-10,16-17,19H,4,11-14H2,1-3H3,(H,25,29)/t16-,17-,19+/m1/s1. The number of thiocarbonyl (C=S) groups is 1. The van der Waals surface area contributed by atoms with Gasteiger partial charge in [-0.1, -0.05) is 55.2 Å². The van der Waals surface area contributed by atoms with Gasteiger partial charge >= 0.3 is 0 Å². The van der Waals surface area contributed by atoms with E-state index in [-0.39, 0.29) is 16.7 Å². The lowest BCUT2D eigenvalue weighted by molar-refractivity contribution is -0.115. The molecule has 0 spiro atoms. The van der Waals surface area contributed by atoms with Crippen molar-refractivity contribution in [3.63, 3.8) is 0 Å². The van der Waals surface area contributed by atoms with Crippen LogP contribution in [-0.4, -0.2) is 38.0 Å². The number of para-hydroxylation sites is 1. The van der Waals surface area contributed by atoms with Gasteiger partial charge in [-0.3, -0.25) is 9.59 Å². The molecule has 5 nitrogen and oxygen atoms in total. The van der Waals surface area contributed by atoms with Crippen LogP contribution in [0.25, 0.3) is 0 Å². The van der Waals surface area contributed by atoms with E-state index in [2.05, 4.69) is 29.3 Å². The first-order valence-electron chi connectivity index (χ1n) is 10.9. The predicted octanol–water partition coefficient (Wildman–Crippen LogP) is 4.18. The number of pyridine rings is 1. The number of fused-ring (bicyclic) bond motifs is 4. The third-order valence-corrected chi connectivity index (χ3v) is 7.95. The van der Waals surface area contributed by atoms with E-state index in [0.717, 1.165) is 59.3 Å². The first kappa shape index (κ1) is 22.1. The number of anilines is 1. The monoisotopic (exact) mass is 455 g/mol. The zero-order chi connectivity index (χ0) is 22.1. The lowest BCUT2D eigenvalue weighted by Crippen LogP contribution is -2.48. The van der Waals surface area contributed by atoms with Gasteiger partial charge in [0.05, 0.1) is 5.25 Å². The van der Waals surface area contributed by atoms with E-state index in [1.165, 1.54) is 11.8 Å². The molecule has 2 bridgehead atoms. The van der Waals surface area contributed by atoms with E-state index < -0.39 is 0 Å². The van der Waals surface area contributed by atoms with Crippen molar-refractivity contribution in [3.05, 3.63) is 63.6 Å². The molecule has 164 valence electrons. The third-order valence-electron chi connectivity index (χ3n) is 6.37. The van der Waals surface area contributed by atoms with Crippen LogP contribution in [-0.2, 0) is 17.8 Å².